The Morgan fingerprint density at radius 1 is 0.821 bits per heavy atom. The molecule has 0 aliphatic heterocycles. The summed E-state index contributed by atoms with van der Waals surface area (Å²) in [6.07, 6.45) is 3.92. The lowest BCUT2D eigenvalue weighted by Gasteiger charge is -2.10. The first kappa shape index (κ1) is 34.4. The molecule has 0 heterocycles. The number of ether oxygens (including phenoxy) is 5. The minimum absolute atomic E-state index is 0.124. The van der Waals surface area contributed by atoms with Crippen molar-refractivity contribution in [2.75, 3.05) is 73.0 Å². The molecule has 0 unspecified atom stereocenters. The van der Waals surface area contributed by atoms with Crippen molar-refractivity contribution in [1.82, 2.24) is 5.32 Å². The van der Waals surface area contributed by atoms with Crippen molar-refractivity contribution in [3.05, 3.63) is 28.8 Å². The lowest BCUT2D eigenvalue weighted by Crippen LogP contribution is -2.16. The molecule has 0 radical (unpaired) electrons. The summed E-state index contributed by atoms with van der Waals surface area (Å²) in [5.41, 5.74) is -0.126. The van der Waals surface area contributed by atoms with Crippen LogP contribution in [0.4, 0.5) is 17.6 Å². The number of esters is 1. The van der Waals surface area contributed by atoms with Crippen molar-refractivity contribution in [2.45, 2.75) is 32.6 Å². The van der Waals surface area contributed by atoms with E-state index in [1.807, 2.05) is 7.05 Å². The zero-order valence-electron chi connectivity index (χ0n) is 22.4. The molecule has 39 heavy (non-hydrogen) atoms. The van der Waals surface area contributed by atoms with Crippen LogP contribution in [0.1, 0.15) is 31.2 Å². The summed E-state index contributed by atoms with van der Waals surface area (Å²) < 4.78 is 80.1. The number of nitrogens with zero attached hydrogens (tertiary/aromatic N) is 2. The van der Waals surface area contributed by atoms with Gasteiger partial charge in [0, 0.05) is 24.7 Å². The Kier molecular flexibility index (Phi) is 18.7. The molecular formula is C25H38F4N4O6. The molecule has 0 amide bonds. The van der Waals surface area contributed by atoms with Gasteiger partial charge < -0.3 is 34.8 Å². The van der Waals surface area contributed by atoms with Crippen molar-refractivity contribution in [3.8, 4) is 5.75 Å². The monoisotopic (exact) mass is 566 g/mol. The summed E-state index contributed by atoms with van der Waals surface area (Å²) in [4.78, 5) is 16.0. The van der Waals surface area contributed by atoms with Crippen molar-refractivity contribution in [3.63, 3.8) is 0 Å². The van der Waals surface area contributed by atoms with Gasteiger partial charge in [-0.1, -0.05) is 0 Å². The molecule has 222 valence electrons. The smallest absolute Gasteiger partial charge is 0.313 e. The minimum Gasteiger partial charge on any atom is -0.420 e. The average molecular weight is 567 g/mol. The van der Waals surface area contributed by atoms with Crippen LogP contribution in [0, 0.1) is 30.2 Å². The molecule has 0 fully saturated rings. The lowest BCUT2D eigenvalue weighted by molar-refractivity contribution is -0.136. The van der Waals surface area contributed by atoms with E-state index >= 15 is 0 Å². The molecule has 1 aromatic carbocycles. The second kappa shape index (κ2) is 21.2. The normalized spacial score (nSPS) is 12.0. The number of aliphatic imine (C=N–C) groups is 1. The van der Waals surface area contributed by atoms with Crippen LogP contribution in [0.15, 0.2) is 10.1 Å². The maximum atomic E-state index is 13.9. The topological polar surface area (TPSA) is 126 Å². The van der Waals surface area contributed by atoms with Gasteiger partial charge in [0.25, 0.3) is 0 Å². The van der Waals surface area contributed by atoms with Crippen molar-refractivity contribution in [2.24, 2.45) is 15.9 Å². The SMILES string of the molecule is CNCCCCN=C/C(CCOCCOCCOCCOCCC(=O)Oc1c(F)c(C)c(F)c(F)c1F)=N\N. The van der Waals surface area contributed by atoms with E-state index in [2.05, 4.69) is 20.1 Å². The van der Waals surface area contributed by atoms with E-state index < -0.39 is 40.6 Å². The number of carbonyl (C=O) groups excluding carboxylic acids is 1. The number of hydrazone groups is 1. The molecule has 0 saturated carbocycles. The van der Waals surface area contributed by atoms with Gasteiger partial charge in [-0.2, -0.15) is 9.49 Å². The summed E-state index contributed by atoms with van der Waals surface area (Å²) in [5.74, 6) is -3.97. The minimum atomic E-state index is -1.92. The summed E-state index contributed by atoms with van der Waals surface area (Å²) in [6.45, 7) is 4.71. The second-order valence-corrected chi connectivity index (χ2v) is 8.10. The number of carbonyl (C=O) groups is 1. The number of halogens is 4. The van der Waals surface area contributed by atoms with Crippen LogP contribution in [0.5, 0.6) is 5.75 Å². The van der Waals surface area contributed by atoms with Crippen LogP contribution >= 0.6 is 0 Å². The van der Waals surface area contributed by atoms with E-state index in [-0.39, 0.29) is 26.2 Å². The molecule has 0 saturated heterocycles. The van der Waals surface area contributed by atoms with Gasteiger partial charge in [0.2, 0.25) is 11.6 Å². The molecule has 0 aliphatic rings. The highest BCUT2D eigenvalue weighted by Crippen LogP contribution is 2.29. The highest BCUT2D eigenvalue weighted by atomic mass is 19.2. The van der Waals surface area contributed by atoms with Gasteiger partial charge in [-0.05, 0) is 33.4 Å². The van der Waals surface area contributed by atoms with E-state index in [1.54, 1.807) is 6.21 Å². The Hall–Kier alpha value is -2.65. The van der Waals surface area contributed by atoms with Crippen LogP contribution in [-0.2, 0) is 23.7 Å². The number of hydrogen-bond acceptors (Lipinski definition) is 10. The summed E-state index contributed by atoms with van der Waals surface area (Å²) in [7, 11) is 1.91. The van der Waals surface area contributed by atoms with Gasteiger partial charge in [-0.25, -0.2) is 13.2 Å². The van der Waals surface area contributed by atoms with E-state index in [9.17, 15) is 22.4 Å². The number of nitrogens with one attached hydrogen (secondary N) is 1. The molecule has 0 spiro atoms. The number of benzene rings is 1. The standard InChI is InChI=1S/C25H38F4N4O6/c1-18-21(26)23(28)24(29)25(22(18)27)39-20(34)6-10-36-12-14-38-16-15-37-13-11-35-9-5-19(33-30)17-32-8-4-3-7-31-2/h17,31H,3-16,30H2,1-2H3/b32-17?,33-19-. The van der Waals surface area contributed by atoms with Crippen LogP contribution in [0.3, 0.4) is 0 Å². The quantitative estimate of drug-likeness (QED) is 0.0253. The third kappa shape index (κ3) is 14.3. The average Bonchev–Trinajstić information content (AvgIpc) is 2.93. The van der Waals surface area contributed by atoms with Crippen LogP contribution in [0.25, 0.3) is 0 Å². The second-order valence-electron chi connectivity index (χ2n) is 8.10. The Balaban J connectivity index is 1.99. The van der Waals surface area contributed by atoms with Gasteiger partial charge >= 0.3 is 5.97 Å². The Morgan fingerprint density at radius 2 is 1.38 bits per heavy atom. The first-order chi connectivity index (χ1) is 18.8. The maximum Gasteiger partial charge on any atom is 0.313 e. The fourth-order valence-electron chi connectivity index (χ4n) is 2.91. The summed E-state index contributed by atoms with van der Waals surface area (Å²) in [5, 5.41) is 6.78. The van der Waals surface area contributed by atoms with Crippen LogP contribution < -0.4 is 15.9 Å². The van der Waals surface area contributed by atoms with Crippen molar-refractivity contribution < 1.29 is 46.0 Å². The predicted molar refractivity (Wildman–Crippen MR) is 137 cm³/mol. The molecule has 14 heteroatoms. The number of unbranched alkanes of at least 4 members (excludes halogenated alkanes) is 1. The zero-order chi connectivity index (χ0) is 28.9. The van der Waals surface area contributed by atoms with E-state index in [0.717, 1.165) is 32.9 Å². The molecule has 1 rings (SSSR count). The maximum absolute atomic E-state index is 13.9. The Labute approximate surface area is 225 Å². The lowest BCUT2D eigenvalue weighted by atomic mass is 10.2. The highest BCUT2D eigenvalue weighted by Gasteiger charge is 2.26. The number of nitrogens with two attached hydrogens (primary N) is 1. The molecule has 0 aliphatic carbocycles. The predicted octanol–water partition coefficient (Wildman–Crippen LogP) is 2.69. The van der Waals surface area contributed by atoms with Gasteiger partial charge in [-0.15, -0.1) is 0 Å². The van der Waals surface area contributed by atoms with E-state index in [0.29, 0.717) is 45.2 Å². The summed E-state index contributed by atoms with van der Waals surface area (Å²) in [6, 6.07) is 0. The Morgan fingerprint density at radius 3 is 1.95 bits per heavy atom. The molecule has 0 atom stereocenters. The zero-order valence-corrected chi connectivity index (χ0v) is 22.4. The fourth-order valence-corrected chi connectivity index (χ4v) is 2.91. The van der Waals surface area contributed by atoms with Gasteiger partial charge in [0.1, 0.15) is 0 Å². The third-order valence-electron chi connectivity index (χ3n) is 5.10. The molecule has 3 N–H and O–H groups in total. The number of hydrogen-bond donors (Lipinski definition) is 2. The molecule has 0 bridgehead atoms. The summed E-state index contributed by atoms with van der Waals surface area (Å²) >= 11 is 0. The number of rotatable bonds is 22. The Bertz CT molecular complexity index is 892. The van der Waals surface area contributed by atoms with Crippen LogP contribution in [-0.4, -0.2) is 90.9 Å². The van der Waals surface area contributed by atoms with E-state index in [1.165, 1.54) is 0 Å². The van der Waals surface area contributed by atoms with E-state index in [4.69, 9.17) is 24.8 Å². The van der Waals surface area contributed by atoms with Crippen molar-refractivity contribution in [1.29, 1.82) is 0 Å². The molecular weight excluding hydrogens is 528 g/mol. The third-order valence-corrected chi connectivity index (χ3v) is 5.10. The van der Waals surface area contributed by atoms with Gasteiger partial charge in [0.15, 0.2) is 17.5 Å². The largest absolute Gasteiger partial charge is 0.420 e. The first-order valence-corrected chi connectivity index (χ1v) is 12.6. The fraction of sp³-hybridized carbons (Fsp3) is 0.640. The van der Waals surface area contributed by atoms with Gasteiger partial charge in [-0.3, -0.25) is 9.79 Å². The molecule has 1 aromatic rings. The molecule has 0 aromatic heterocycles. The van der Waals surface area contributed by atoms with Crippen LogP contribution in [0.2, 0.25) is 0 Å². The highest BCUT2D eigenvalue weighted by molar-refractivity contribution is 6.30. The van der Waals surface area contributed by atoms with Gasteiger partial charge in [0.05, 0.1) is 65.0 Å². The van der Waals surface area contributed by atoms with Crippen molar-refractivity contribution >= 4 is 17.9 Å². The molecule has 10 nitrogen and oxygen atoms in total. The first-order valence-electron chi connectivity index (χ1n) is 12.6.